The summed E-state index contributed by atoms with van der Waals surface area (Å²) in [5.74, 6) is -1.02. The molecule has 0 aliphatic rings. The first kappa shape index (κ1) is 19.4. The Balaban J connectivity index is 1.82. The van der Waals surface area contributed by atoms with Crippen LogP contribution in [-0.2, 0) is 9.59 Å². The second-order valence-corrected chi connectivity index (χ2v) is 6.24. The fourth-order valence-corrected chi connectivity index (χ4v) is 2.47. The number of carbonyl (C=O) groups is 3. The van der Waals surface area contributed by atoms with E-state index in [0.29, 0.717) is 26.9 Å². The Bertz CT molecular complexity index is 808. The van der Waals surface area contributed by atoms with Gasteiger partial charge in [-0.15, -0.1) is 0 Å². The molecule has 26 heavy (non-hydrogen) atoms. The van der Waals surface area contributed by atoms with E-state index in [0.717, 1.165) is 0 Å². The second kappa shape index (κ2) is 8.98. The average Bonchev–Trinajstić information content (AvgIpc) is 2.57. The van der Waals surface area contributed by atoms with Crippen molar-refractivity contribution < 1.29 is 19.3 Å². The Kier molecular flexibility index (Phi) is 6.71. The molecule has 2 aromatic rings. The third-order valence-corrected chi connectivity index (χ3v) is 3.86. The maximum absolute atomic E-state index is 12.1. The van der Waals surface area contributed by atoms with E-state index in [2.05, 4.69) is 10.6 Å². The molecule has 0 saturated heterocycles. The molecule has 1 atom stereocenters. The third kappa shape index (κ3) is 5.87. The summed E-state index contributed by atoms with van der Waals surface area (Å²) >= 11 is 6.00. The molecule has 0 fully saturated rings. The summed E-state index contributed by atoms with van der Waals surface area (Å²) < 4.78 is 0. The minimum absolute atomic E-state index is 0.105. The van der Waals surface area contributed by atoms with Crippen LogP contribution in [0.5, 0.6) is 0 Å². The molecule has 8 heteroatoms. The van der Waals surface area contributed by atoms with Gasteiger partial charge in [-0.1, -0.05) is 23.7 Å². The summed E-state index contributed by atoms with van der Waals surface area (Å²) in [4.78, 5) is 35.8. The highest BCUT2D eigenvalue weighted by molar-refractivity contribution is 6.33. The second-order valence-electron chi connectivity index (χ2n) is 5.83. The molecule has 0 aliphatic carbocycles. The number of likely N-dealkylation sites (N-methyl/N-ethyl adjacent to an activating group) is 1. The fourth-order valence-electron chi connectivity index (χ4n) is 2.29. The van der Waals surface area contributed by atoms with E-state index < -0.39 is 5.91 Å². The Hall–Kier alpha value is -2.90. The fraction of sp³-hybridized carbons (Fsp3) is 0.167. The predicted octanol–water partition coefficient (Wildman–Crippen LogP) is 0.531. The molecule has 2 rings (SSSR count). The van der Waals surface area contributed by atoms with Crippen molar-refractivity contribution in [1.29, 1.82) is 0 Å². The number of nitrogens with two attached hydrogens (primary N) is 1. The van der Waals surface area contributed by atoms with Crippen LogP contribution >= 0.6 is 11.6 Å². The van der Waals surface area contributed by atoms with Gasteiger partial charge in [-0.25, -0.2) is 0 Å². The van der Waals surface area contributed by atoms with Gasteiger partial charge in [0.15, 0.2) is 13.1 Å². The first-order valence-corrected chi connectivity index (χ1v) is 8.28. The minimum atomic E-state index is -0.531. The van der Waals surface area contributed by atoms with E-state index in [-0.39, 0.29) is 24.9 Å². The van der Waals surface area contributed by atoms with Gasteiger partial charge in [0.2, 0.25) is 5.91 Å². The summed E-state index contributed by atoms with van der Waals surface area (Å²) in [6, 6.07) is 13.2. The monoisotopic (exact) mass is 375 g/mol. The normalized spacial score (nSPS) is 11.5. The summed E-state index contributed by atoms with van der Waals surface area (Å²) in [7, 11) is 1.74. The molecule has 0 bridgehead atoms. The van der Waals surface area contributed by atoms with Gasteiger partial charge < -0.3 is 21.3 Å². The topological polar surface area (TPSA) is 106 Å². The molecule has 1 unspecified atom stereocenters. The van der Waals surface area contributed by atoms with Crippen molar-refractivity contribution in [1.82, 2.24) is 0 Å². The van der Waals surface area contributed by atoms with Gasteiger partial charge in [-0.05, 0) is 36.4 Å². The molecule has 0 aliphatic heterocycles. The molecule has 0 radical (unpaired) electrons. The Labute approximate surface area is 156 Å². The van der Waals surface area contributed by atoms with E-state index in [1.807, 2.05) is 0 Å². The molecule has 2 aromatic carbocycles. The smallest absolute Gasteiger partial charge is 0.279 e. The van der Waals surface area contributed by atoms with Gasteiger partial charge in [0.25, 0.3) is 11.8 Å². The van der Waals surface area contributed by atoms with Gasteiger partial charge in [-0.3, -0.25) is 14.4 Å². The number of para-hydroxylation sites is 1. The van der Waals surface area contributed by atoms with Gasteiger partial charge in [0, 0.05) is 11.3 Å². The van der Waals surface area contributed by atoms with Crippen LogP contribution in [0.2, 0.25) is 5.02 Å². The van der Waals surface area contributed by atoms with Gasteiger partial charge in [0.05, 0.1) is 17.8 Å². The number of hydrogen-bond acceptors (Lipinski definition) is 3. The lowest BCUT2D eigenvalue weighted by Crippen LogP contribution is -3.11. The van der Waals surface area contributed by atoms with Crippen molar-refractivity contribution in [2.45, 2.75) is 0 Å². The number of hydrogen-bond donors (Lipinski definition) is 4. The zero-order chi connectivity index (χ0) is 19.1. The van der Waals surface area contributed by atoms with E-state index in [1.165, 1.54) is 12.1 Å². The molecule has 3 amide bonds. The Morgan fingerprint density at radius 1 is 0.962 bits per heavy atom. The largest absolute Gasteiger partial charge is 0.366 e. The number of primary amides is 1. The SMILES string of the molecule is C[NH+](CC(=O)Nc1ccc(C(N)=O)cc1)CC(=O)Nc1ccccc1Cl. The van der Waals surface area contributed by atoms with Gasteiger partial charge >= 0.3 is 0 Å². The maximum Gasteiger partial charge on any atom is 0.279 e. The van der Waals surface area contributed by atoms with E-state index >= 15 is 0 Å². The number of anilines is 2. The number of quaternary nitrogens is 1. The van der Waals surface area contributed by atoms with Crippen LogP contribution in [0, 0.1) is 0 Å². The van der Waals surface area contributed by atoms with Crippen LogP contribution in [0.25, 0.3) is 0 Å². The number of carbonyl (C=O) groups excluding carboxylic acids is 3. The summed E-state index contributed by atoms with van der Waals surface area (Å²) in [5.41, 5.74) is 6.61. The average molecular weight is 376 g/mol. The first-order valence-electron chi connectivity index (χ1n) is 7.90. The summed E-state index contributed by atoms with van der Waals surface area (Å²) in [6.07, 6.45) is 0. The van der Waals surface area contributed by atoms with Gasteiger partial charge in [0.1, 0.15) is 0 Å². The molecule has 0 saturated carbocycles. The van der Waals surface area contributed by atoms with Crippen molar-refractivity contribution >= 4 is 40.7 Å². The Morgan fingerprint density at radius 3 is 2.12 bits per heavy atom. The zero-order valence-electron chi connectivity index (χ0n) is 14.2. The van der Waals surface area contributed by atoms with E-state index in [1.54, 1.807) is 43.4 Å². The maximum atomic E-state index is 12.1. The highest BCUT2D eigenvalue weighted by Gasteiger charge is 2.15. The van der Waals surface area contributed by atoms with Crippen molar-refractivity contribution in [3.8, 4) is 0 Å². The van der Waals surface area contributed by atoms with Crippen molar-refractivity contribution in [3.63, 3.8) is 0 Å². The van der Waals surface area contributed by atoms with Crippen LogP contribution in [0.1, 0.15) is 10.4 Å². The first-order chi connectivity index (χ1) is 12.3. The predicted molar refractivity (Wildman–Crippen MR) is 100 cm³/mol. The van der Waals surface area contributed by atoms with Crippen LogP contribution in [0.3, 0.4) is 0 Å². The standard InChI is InChI=1S/C18H19ClN4O3/c1-23(11-17(25)22-15-5-3-2-4-14(15)19)10-16(24)21-13-8-6-12(7-9-13)18(20)26/h2-9H,10-11H2,1H3,(H2,20,26)(H,21,24)(H,22,25)/p+1. The third-order valence-electron chi connectivity index (χ3n) is 3.53. The quantitative estimate of drug-likeness (QED) is 0.567. The number of rotatable bonds is 7. The molecule has 5 N–H and O–H groups in total. The van der Waals surface area contributed by atoms with E-state index in [9.17, 15) is 14.4 Å². The number of nitrogens with one attached hydrogen (secondary N) is 3. The highest BCUT2D eigenvalue weighted by Crippen LogP contribution is 2.19. The molecule has 0 spiro atoms. The van der Waals surface area contributed by atoms with Gasteiger partial charge in [-0.2, -0.15) is 0 Å². The van der Waals surface area contributed by atoms with Crippen LogP contribution in [0.15, 0.2) is 48.5 Å². The van der Waals surface area contributed by atoms with Crippen molar-refractivity contribution in [2.24, 2.45) is 5.73 Å². The molecular weight excluding hydrogens is 356 g/mol. The molecule has 7 nitrogen and oxygen atoms in total. The molecular formula is C18H20ClN4O3+. The number of amides is 3. The van der Waals surface area contributed by atoms with Crippen LogP contribution in [0.4, 0.5) is 11.4 Å². The van der Waals surface area contributed by atoms with Crippen LogP contribution < -0.4 is 21.3 Å². The summed E-state index contributed by atoms with van der Waals surface area (Å²) in [5, 5.41) is 5.87. The van der Waals surface area contributed by atoms with Crippen molar-refractivity contribution in [3.05, 3.63) is 59.1 Å². The Morgan fingerprint density at radius 2 is 1.54 bits per heavy atom. The zero-order valence-corrected chi connectivity index (χ0v) is 15.0. The lowest BCUT2D eigenvalue weighted by molar-refractivity contribution is -0.862. The number of halogens is 1. The molecule has 136 valence electrons. The summed E-state index contributed by atoms with van der Waals surface area (Å²) in [6.45, 7) is 0.215. The van der Waals surface area contributed by atoms with E-state index in [4.69, 9.17) is 17.3 Å². The lowest BCUT2D eigenvalue weighted by Gasteiger charge is -2.14. The number of benzene rings is 2. The van der Waals surface area contributed by atoms with Crippen LogP contribution in [-0.4, -0.2) is 37.9 Å². The highest BCUT2D eigenvalue weighted by atomic mass is 35.5. The lowest BCUT2D eigenvalue weighted by atomic mass is 10.2. The van der Waals surface area contributed by atoms with Crippen molar-refractivity contribution in [2.75, 3.05) is 30.8 Å². The molecule has 0 heterocycles. The molecule has 0 aromatic heterocycles. The minimum Gasteiger partial charge on any atom is -0.366 e.